The predicted octanol–water partition coefficient (Wildman–Crippen LogP) is 0.792. The van der Waals surface area contributed by atoms with Crippen LogP contribution in [0.5, 0.6) is 0 Å². The molecule has 0 bridgehead atoms. The summed E-state index contributed by atoms with van der Waals surface area (Å²) in [6.07, 6.45) is 2.52. The van der Waals surface area contributed by atoms with Gasteiger partial charge in [0.2, 0.25) is 0 Å². The van der Waals surface area contributed by atoms with Crippen molar-refractivity contribution < 1.29 is 9.59 Å². The Morgan fingerprint density at radius 1 is 1.17 bits per heavy atom. The number of rotatable bonds is 4. The molecule has 0 atom stereocenters. The first-order valence-electron chi connectivity index (χ1n) is 6.06. The maximum absolute atomic E-state index is 11.7. The molecule has 1 saturated heterocycles. The Morgan fingerprint density at radius 2 is 1.89 bits per heavy atom. The Kier molecular flexibility index (Phi) is 4.12. The van der Waals surface area contributed by atoms with Crippen molar-refractivity contribution in [3.8, 4) is 0 Å². The molecule has 0 spiro atoms. The third-order valence-corrected chi connectivity index (χ3v) is 2.78. The van der Waals surface area contributed by atoms with Crippen LogP contribution >= 0.6 is 0 Å². The van der Waals surface area contributed by atoms with E-state index in [-0.39, 0.29) is 11.7 Å². The lowest BCUT2D eigenvalue weighted by Crippen LogP contribution is -2.43. The normalized spacial score (nSPS) is 17.1. The van der Waals surface area contributed by atoms with Gasteiger partial charge >= 0.3 is 0 Å². The number of piperazine rings is 1. The van der Waals surface area contributed by atoms with Gasteiger partial charge in [-0.1, -0.05) is 30.3 Å². The number of nitrogens with one attached hydrogen (secondary N) is 2. The highest BCUT2D eigenvalue weighted by Gasteiger charge is 2.14. The number of amides is 1. The summed E-state index contributed by atoms with van der Waals surface area (Å²) < 4.78 is 0. The summed E-state index contributed by atoms with van der Waals surface area (Å²) in [5.74, 6) is -0.229. The lowest BCUT2D eigenvalue weighted by Gasteiger charge is -2.16. The SMILES string of the molecule is O=C(/C=C1\NCCNC1=O)CCc1ccccc1. The van der Waals surface area contributed by atoms with E-state index in [1.54, 1.807) is 0 Å². The molecule has 1 aliphatic rings. The Hall–Kier alpha value is -2.10. The Balaban J connectivity index is 1.88. The maximum atomic E-state index is 11.7. The van der Waals surface area contributed by atoms with E-state index in [0.717, 1.165) is 5.56 Å². The fourth-order valence-electron chi connectivity index (χ4n) is 1.81. The molecule has 0 radical (unpaired) electrons. The molecular weight excluding hydrogens is 228 g/mol. The van der Waals surface area contributed by atoms with E-state index in [1.807, 2.05) is 30.3 Å². The summed E-state index contributed by atoms with van der Waals surface area (Å²) in [5, 5.41) is 5.62. The zero-order chi connectivity index (χ0) is 12.8. The fourth-order valence-corrected chi connectivity index (χ4v) is 1.81. The van der Waals surface area contributed by atoms with Crippen molar-refractivity contribution in [3.05, 3.63) is 47.7 Å². The number of allylic oxidation sites excluding steroid dienone is 1. The minimum atomic E-state index is -0.200. The van der Waals surface area contributed by atoms with Gasteiger partial charge in [0.1, 0.15) is 5.70 Å². The minimum Gasteiger partial charge on any atom is -0.379 e. The standard InChI is InChI=1S/C14H16N2O2/c17-12(7-6-11-4-2-1-3-5-11)10-13-14(18)16-9-8-15-13/h1-5,10,15H,6-9H2,(H,16,18)/b13-10-. The molecule has 4 nitrogen and oxygen atoms in total. The molecular formula is C14H16N2O2. The highest BCUT2D eigenvalue weighted by molar-refractivity contribution is 6.01. The van der Waals surface area contributed by atoms with Crippen LogP contribution in [0.4, 0.5) is 0 Å². The number of benzene rings is 1. The van der Waals surface area contributed by atoms with Crippen molar-refractivity contribution in [2.75, 3.05) is 13.1 Å². The first kappa shape index (κ1) is 12.4. The van der Waals surface area contributed by atoms with Gasteiger partial charge in [-0.2, -0.15) is 0 Å². The second-order valence-electron chi connectivity index (χ2n) is 4.19. The van der Waals surface area contributed by atoms with Gasteiger partial charge in [-0.15, -0.1) is 0 Å². The number of ketones is 1. The number of hydrogen-bond donors (Lipinski definition) is 2. The molecule has 2 rings (SSSR count). The summed E-state index contributed by atoms with van der Waals surface area (Å²) in [6.45, 7) is 1.28. The number of carbonyl (C=O) groups is 2. The molecule has 0 aliphatic carbocycles. The van der Waals surface area contributed by atoms with Crippen molar-refractivity contribution in [1.29, 1.82) is 0 Å². The number of hydrogen-bond acceptors (Lipinski definition) is 3. The fraction of sp³-hybridized carbons (Fsp3) is 0.286. The highest BCUT2D eigenvalue weighted by atomic mass is 16.2. The molecule has 0 unspecified atom stereocenters. The molecule has 0 aromatic heterocycles. The summed E-state index contributed by atoms with van der Waals surface area (Å²) in [5.41, 5.74) is 1.50. The van der Waals surface area contributed by atoms with Gasteiger partial charge in [0.15, 0.2) is 5.78 Å². The van der Waals surface area contributed by atoms with Gasteiger partial charge in [0.05, 0.1) is 0 Å². The lowest BCUT2D eigenvalue weighted by molar-refractivity contribution is -0.119. The summed E-state index contributed by atoms with van der Waals surface area (Å²) >= 11 is 0. The van der Waals surface area contributed by atoms with Crippen LogP contribution in [-0.4, -0.2) is 24.8 Å². The molecule has 1 heterocycles. The first-order valence-corrected chi connectivity index (χ1v) is 6.06. The molecule has 94 valence electrons. The Bertz CT molecular complexity index is 466. The van der Waals surface area contributed by atoms with Crippen LogP contribution in [0.3, 0.4) is 0 Å². The van der Waals surface area contributed by atoms with Gasteiger partial charge < -0.3 is 10.6 Å². The van der Waals surface area contributed by atoms with Crippen LogP contribution in [0.2, 0.25) is 0 Å². The van der Waals surface area contributed by atoms with E-state index in [9.17, 15) is 9.59 Å². The van der Waals surface area contributed by atoms with E-state index in [0.29, 0.717) is 31.6 Å². The van der Waals surface area contributed by atoms with Gasteiger partial charge in [0, 0.05) is 25.6 Å². The Labute approximate surface area is 106 Å². The lowest BCUT2D eigenvalue weighted by atomic mass is 10.1. The molecule has 1 aromatic carbocycles. The predicted molar refractivity (Wildman–Crippen MR) is 68.9 cm³/mol. The second-order valence-corrected chi connectivity index (χ2v) is 4.19. The van der Waals surface area contributed by atoms with Gasteiger partial charge in [-0.05, 0) is 12.0 Å². The molecule has 4 heteroatoms. The second kappa shape index (κ2) is 6.00. The van der Waals surface area contributed by atoms with Crippen LogP contribution in [0.1, 0.15) is 12.0 Å². The number of carbonyl (C=O) groups excluding carboxylic acids is 2. The quantitative estimate of drug-likeness (QED) is 0.770. The minimum absolute atomic E-state index is 0.0293. The molecule has 18 heavy (non-hydrogen) atoms. The average Bonchev–Trinajstić information content (AvgIpc) is 2.40. The van der Waals surface area contributed by atoms with Crippen molar-refractivity contribution in [2.24, 2.45) is 0 Å². The van der Waals surface area contributed by atoms with Gasteiger partial charge in [0.25, 0.3) is 5.91 Å². The molecule has 0 saturated carbocycles. The van der Waals surface area contributed by atoms with Crippen LogP contribution in [0, 0.1) is 0 Å². The molecule has 1 amide bonds. The third kappa shape index (κ3) is 3.45. The van der Waals surface area contributed by atoms with Crippen molar-refractivity contribution >= 4 is 11.7 Å². The molecule has 1 aromatic rings. The van der Waals surface area contributed by atoms with Crippen molar-refractivity contribution in [2.45, 2.75) is 12.8 Å². The van der Waals surface area contributed by atoms with E-state index in [4.69, 9.17) is 0 Å². The van der Waals surface area contributed by atoms with Crippen LogP contribution < -0.4 is 10.6 Å². The smallest absolute Gasteiger partial charge is 0.267 e. The van der Waals surface area contributed by atoms with Crippen molar-refractivity contribution in [1.82, 2.24) is 10.6 Å². The topological polar surface area (TPSA) is 58.2 Å². The molecule has 1 aliphatic heterocycles. The van der Waals surface area contributed by atoms with Crippen LogP contribution in [-0.2, 0) is 16.0 Å². The van der Waals surface area contributed by atoms with E-state index in [2.05, 4.69) is 10.6 Å². The Morgan fingerprint density at radius 3 is 2.61 bits per heavy atom. The first-order chi connectivity index (χ1) is 8.75. The van der Waals surface area contributed by atoms with Crippen molar-refractivity contribution in [3.63, 3.8) is 0 Å². The average molecular weight is 244 g/mol. The van der Waals surface area contributed by atoms with Gasteiger partial charge in [-0.3, -0.25) is 9.59 Å². The number of aryl methyl sites for hydroxylation is 1. The van der Waals surface area contributed by atoms with E-state index < -0.39 is 0 Å². The maximum Gasteiger partial charge on any atom is 0.267 e. The monoisotopic (exact) mass is 244 g/mol. The molecule has 1 fully saturated rings. The molecule has 2 N–H and O–H groups in total. The van der Waals surface area contributed by atoms with Crippen LogP contribution in [0.15, 0.2) is 42.1 Å². The highest BCUT2D eigenvalue weighted by Crippen LogP contribution is 2.04. The van der Waals surface area contributed by atoms with E-state index >= 15 is 0 Å². The summed E-state index contributed by atoms with van der Waals surface area (Å²) in [4.78, 5) is 23.1. The van der Waals surface area contributed by atoms with Crippen LogP contribution in [0.25, 0.3) is 0 Å². The largest absolute Gasteiger partial charge is 0.379 e. The summed E-state index contributed by atoms with van der Waals surface area (Å²) in [7, 11) is 0. The third-order valence-electron chi connectivity index (χ3n) is 2.78. The van der Waals surface area contributed by atoms with Gasteiger partial charge in [-0.25, -0.2) is 0 Å². The summed E-state index contributed by atoms with van der Waals surface area (Å²) in [6, 6.07) is 9.84. The van der Waals surface area contributed by atoms with E-state index in [1.165, 1.54) is 6.08 Å². The zero-order valence-electron chi connectivity index (χ0n) is 10.1. The zero-order valence-corrected chi connectivity index (χ0v) is 10.1.